The Hall–Kier alpha value is -5.77. The number of aliphatic hydroxyl groups excluding tert-OH is 2. The summed E-state index contributed by atoms with van der Waals surface area (Å²) in [6, 6.07) is 18.2. The first-order valence-corrected chi connectivity index (χ1v) is 24.2. The molecule has 338 valence electrons. The number of rotatable bonds is 10. The molecule has 15 heteroatoms. The summed E-state index contributed by atoms with van der Waals surface area (Å²) in [6.45, 7) is 2.45. The monoisotopic (exact) mass is 876 g/mol. The molecule has 5 aromatic heterocycles. The smallest absolute Gasteiger partial charge is 0.131 e. The van der Waals surface area contributed by atoms with Crippen LogP contribution >= 0.6 is 0 Å². The molecule has 2 aliphatic carbocycles. The first kappa shape index (κ1) is 40.7. The maximum absolute atomic E-state index is 12.7. The largest absolute Gasteiger partial charge is 0.396 e. The number of pyridine rings is 2. The topological polar surface area (TPSA) is 183 Å². The number of fused-ring (bicyclic) bond motifs is 4. The van der Waals surface area contributed by atoms with E-state index in [4.69, 9.17) is 19.9 Å². The van der Waals surface area contributed by atoms with Gasteiger partial charge in [0.05, 0.1) is 72.3 Å². The third-order valence-corrected chi connectivity index (χ3v) is 16.3. The van der Waals surface area contributed by atoms with E-state index < -0.39 is 17.6 Å². The van der Waals surface area contributed by atoms with Crippen molar-refractivity contribution in [3.05, 3.63) is 67.5 Å². The van der Waals surface area contributed by atoms with Gasteiger partial charge in [0.2, 0.25) is 0 Å². The highest BCUT2D eigenvalue weighted by atomic mass is 16.3. The molecule has 8 heterocycles. The molecule has 0 bridgehead atoms. The van der Waals surface area contributed by atoms with Gasteiger partial charge < -0.3 is 49.9 Å². The zero-order valence-corrected chi connectivity index (χ0v) is 37.1. The van der Waals surface area contributed by atoms with E-state index in [1.807, 2.05) is 18.5 Å². The van der Waals surface area contributed by atoms with E-state index in [2.05, 4.69) is 75.9 Å². The summed E-state index contributed by atoms with van der Waals surface area (Å²) in [5.41, 5.74) is 9.09. The quantitative estimate of drug-likeness (QED) is 0.0787. The molecule has 2 saturated carbocycles. The molecule has 15 nitrogen and oxygen atoms in total. The van der Waals surface area contributed by atoms with Gasteiger partial charge in [0.15, 0.2) is 0 Å². The van der Waals surface area contributed by atoms with E-state index in [0.29, 0.717) is 57.5 Å². The molecule has 4 fully saturated rings. The summed E-state index contributed by atoms with van der Waals surface area (Å²) in [5.74, 6) is 1.33. The number of aliphatic hydroxyl groups is 3. The number of nitrogens with one attached hydrogen (secondary N) is 3. The predicted molar refractivity (Wildman–Crippen MR) is 255 cm³/mol. The van der Waals surface area contributed by atoms with E-state index in [0.717, 1.165) is 79.6 Å². The Morgan fingerprint density at radius 3 is 2.02 bits per heavy atom. The summed E-state index contributed by atoms with van der Waals surface area (Å²) in [7, 11) is 0. The number of hydrogen-bond donors (Lipinski definition) is 6. The molecule has 2 atom stereocenters. The number of benzene rings is 2. The number of imidazole rings is 3. The lowest BCUT2D eigenvalue weighted by Gasteiger charge is -2.52. The number of piperidine rings is 1. The van der Waals surface area contributed by atoms with Crippen LogP contribution in [0.3, 0.4) is 0 Å². The fourth-order valence-corrected chi connectivity index (χ4v) is 12.4. The Bertz CT molecular complexity index is 2850. The molecular formula is C50H60N12O3. The Labute approximate surface area is 378 Å². The van der Waals surface area contributed by atoms with E-state index in [-0.39, 0.29) is 12.5 Å². The molecule has 0 radical (unpaired) electrons. The molecule has 2 saturated heterocycles. The van der Waals surface area contributed by atoms with Crippen molar-refractivity contribution in [3.8, 4) is 22.5 Å². The fraction of sp³-hybridized carbons (Fsp3) is 0.500. The molecule has 0 spiro atoms. The van der Waals surface area contributed by atoms with E-state index in [9.17, 15) is 15.3 Å². The summed E-state index contributed by atoms with van der Waals surface area (Å²) >= 11 is 0. The van der Waals surface area contributed by atoms with Crippen LogP contribution in [0.1, 0.15) is 89.5 Å². The number of H-pyrrole nitrogens is 2. The number of aromatic amines is 2. The second kappa shape index (κ2) is 16.3. The second-order valence-electron chi connectivity index (χ2n) is 19.7. The van der Waals surface area contributed by atoms with Crippen LogP contribution in [-0.4, -0.2) is 112 Å². The Balaban J connectivity index is 0.775. The zero-order chi connectivity index (χ0) is 43.7. The molecule has 12 rings (SSSR count). The second-order valence-corrected chi connectivity index (χ2v) is 19.7. The first-order chi connectivity index (χ1) is 31.9. The van der Waals surface area contributed by atoms with E-state index in [1.165, 1.54) is 69.9 Å². The molecule has 65 heavy (non-hydrogen) atoms. The highest BCUT2D eigenvalue weighted by molar-refractivity contribution is 5.95. The van der Waals surface area contributed by atoms with Crippen LogP contribution in [-0.2, 0) is 0 Å². The molecule has 1 unspecified atom stereocenters. The molecular weight excluding hydrogens is 817 g/mol. The van der Waals surface area contributed by atoms with Crippen molar-refractivity contribution in [3.63, 3.8) is 0 Å². The van der Waals surface area contributed by atoms with Crippen LogP contribution in [0, 0.1) is 11.3 Å². The van der Waals surface area contributed by atoms with Crippen LogP contribution in [0.5, 0.6) is 0 Å². The summed E-state index contributed by atoms with van der Waals surface area (Å²) in [4.78, 5) is 38.4. The minimum atomic E-state index is -1.51. The van der Waals surface area contributed by atoms with Crippen molar-refractivity contribution < 1.29 is 15.3 Å². The highest BCUT2D eigenvalue weighted by Crippen LogP contribution is 2.49. The third-order valence-electron chi connectivity index (χ3n) is 16.3. The van der Waals surface area contributed by atoms with Crippen molar-refractivity contribution in [2.75, 3.05) is 66.1 Å². The van der Waals surface area contributed by atoms with Crippen LogP contribution in [0.15, 0.2) is 67.5 Å². The Kier molecular flexibility index (Phi) is 10.2. The lowest BCUT2D eigenvalue weighted by atomic mass is 9.61. The molecule has 7 aromatic rings. The maximum atomic E-state index is 12.7. The minimum absolute atomic E-state index is 0.229. The van der Waals surface area contributed by atoms with Gasteiger partial charge in [0.25, 0.3) is 0 Å². The van der Waals surface area contributed by atoms with Gasteiger partial charge in [-0.1, -0.05) is 50.7 Å². The number of aromatic nitrogens is 8. The predicted octanol–water partition coefficient (Wildman–Crippen LogP) is 7.77. The van der Waals surface area contributed by atoms with Crippen molar-refractivity contribution in [1.29, 1.82) is 0 Å². The first-order valence-electron chi connectivity index (χ1n) is 24.2. The van der Waals surface area contributed by atoms with Gasteiger partial charge in [0.1, 0.15) is 39.7 Å². The van der Waals surface area contributed by atoms with E-state index >= 15 is 0 Å². The molecule has 0 amide bonds. The third kappa shape index (κ3) is 6.83. The SMILES string of the molecule is OCC1(C(O)(CO)[C@H]2CCN(c3cc4[nH]cnc4c(-c4ccc5c(c4)NCN5C4CCCCC4)n3)C2)CCN(c2cc3[nH]cnc3c(-c3ccc4c(c3)ncn4C3CCCCC3)n2)CC1. The number of anilines is 4. The van der Waals surface area contributed by atoms with Gasteiger partial charge in [-0.05, 0) is 69.2 Å². The normalized spacial score (nSPS) is 21.7. The molecule has 6 N–H and O–H groups in total. The van der Waals surface area contributed by atoms with Gasteiger partial charge in [-0.25, -0.2) is 24.9 Å². The molecule has 5 aliphatic rings. The van der Waals surface area contributed by atoms with Crippen molar-refractivity contribution in [1.82, 2.24) is 39.5 Å². The summed E-state index contributed by atoms with van der Waals surface area (Å²) in [6.07, 6.45) is 19.7. The van der Waals surface area contributed by atoms with Gasteiger partial charge in [-0.15, -0.1) is 0 Å². The van der Waals surface area contributed by atoms with Gasteiger partial charge in [0, 0.05) is 72.9 Å². The van der Waals surface area contributed by atoms with Crippen molar-refractivity contribution in [2.24, 2.45) is 11.3 Å². The van der Waals surface area contributed by atoms with E-state index in [1.54, 1.807) is 12.7 Å². The lowest BCUT2D eigenvalue weighted by molar-refractivity contribution is -0.175. The molecule has 2 aromatic carbocycles. The number of hydrogen-bond acceptors (Lipinski definition) is 12. The van der Waals surface area contributed by atoms with Gasteiger partial charge in [-0.3, -0.25) is 0 Å². The lowest BCUT2D eigenvalue weighted by Crippen LogP contribution is -2.62. The average molecular weight is 877 g/mol. The maximum Gasteiger partial charge on any atom is 0.131 e. The fourth-order valence-electron chi connectivity index (χ4n) is 12.4. The number of nitrogens with zero attached hydrogens (tertiary/aromatic N) is 9. The minimum Gasteiger partial charge on any atom is -0.396 e. The van der Waals surface area contributed by atoms with Crippen LogP contribution in [0.25, 0.3) is 55.6 Å². The standard InChI is InChI=1S/C50H60N12O3/c63-26-49(16-19-59(20-17-49)43-23-39-47(53-28-51-39)45(57-43)32-11-13-41-37(21-32)55-30-61(41)35-7-3-1-4-8-35)50(65,27-64)34-15-18-60(25-34)44-24-40-48(54-29-52-40)46(58-44)33-12-14-42-38(22-33)56-31-62(42)36-9-5-2-6-10-36/h11-14,21-24,28-30,34-36,56,63-65H,1-10,15-20,25-27,31H2,(H,51,53)(H,52,54)/t34-,50?/m0/s1. The van der Waals surface area contributed by atoms with Crippen LogP contribution in [0.2, 0.25) is 0 Å². The van der Waals surface area contributed by atoms with Crippen LogP contribution < -0.4 is 20.0 Å². The molecule has 3 aliphatic heterocycles. The van der Waals surface area contributed by atoms with Crippen molar-refractivity contribution in [2.45, 2.75) is 101 Å². The van der Waals surface area contributed by atoms with Crippen LogP contribution in [0.4, 0.5) is 23.0 Å². The summed E-state index contributed by atoms with van der Waals surface area (Å²) in [5, 5.41) is 38.8. The van der Waals surface area contributed by atoms with Gasteiger partial charge >= 0.3 is 0 Å². The Morgan fingerprint density at radius 2 is 1.34 bits per heavy atom. The van der Waals surface area contributed by atoms with Gasteiger partial charge in [-0.2, -0.15) is 0 Å². The van der Waals surface area contributed by atoms with Crippen molar-refractivity contribution >= 4 is 56.1 Å². The Morgan fingerprint density at radius 1 is 0.692 bits per heavy atom. The summed E-state index contributed by atoms with van der Waals surface area (Å²) < 4.78 is 2.36. The highest BCUT2D eigenvalue weighted by Gasteiger charge is 2.56. The average Bonchev–Trinajstić information content (AvgIpc) is 4.23. The zero-order valence-electron chi connectivity index (χ0n) is 37.1.